The van der Waals surface area contributed by atoms with Crippen molar-refractivity contribution in [1.82, 2.24) is 5.32 Å². The van der Waals surface area contributed by atoms with Crippen LogP contribution >= 0.6 is 27.7 Å². The normalized spacial score (nSPS) is 10.0. The van der Waals surface area contributed by atoms with Gasteiger partial charge >= 0.3 is 0 Å². The lowest BCUT2D eigenvalue weighted by molar-refractivity contribution is -0.118. The SMILES string of the molecule is C=C(Br)CNC(=O)CSCc1ccc(F)cc1. The van der Waals surface area contributed by atoms with Crippen LogP contribution in [-0.2, 0) is 10.5 Å². The Kier molecular flexibility index (Phi) is 6.29. The number of hydrogen-bond acceptors (Lipinski definition) is 2. The Bertz CT molecular complexity index is 394. The molecule has 0 unspecified atom stereocenters. The van der Waals surface area contributed by atoms with Crippen molar-refractivity contribution in [3.8, 4) is 0 Å². The monoisotopic (exact) mass is 317 g/mol. The second kappa shape index (κ2) is 7.50. The maximum atomic E-state index is 12.6. The molecule has 0 fully saturated rings. The van der Waals surface area contributed by atoms with Gasteiger partial charge in [0.2, 0.25) is 5.91 Å². The summed E-state index contributed by atoms with van der Waals surface area (Å²) in [4.78, 5) is 11.3. The lowest BCUT2D eigenvalue weighted by Crippen LogP contribution is -2.26. The van der Waals surface area contributed by atoms with E-state index in [2.05, 4.69) is 27.8 Å². The van der Waals surface area contributed by atoms with Crippen LogP contribution in [0, 0.1) is 5.82 Å². The minimum Gasteiger partial charge on any atom is -0.351 e. The molecule has 1 amide bonds. The molecule has 5 heteroatoms. The first kappa shape index (κ1) is 14.3. The number of hydrogen-bond donors (Lipinski definition) is 1. The van der Waals surface area contributed by atoms with Crippen LogP contribution < -0.4 is 5.32 Å². The predicted octanol–water partition coefficient (Wildman–Crippen LogP) is 3.08. The molecule has 0 aliphatic carbocycles. The smallest absolute Gasteiger partial charge is 0.230 e. The summed E-state index contributed by atoms with van der Waals surface area (Å²) in [6.45, 7) is 4.06. The van der Waals surface area contributed by atoms with E-state index in [0.717, 1.165) is 10.0 Å². The Morgan fingerprint density at radius 1 is 1.41 bits per heavy atom. The van der Waals surface area contributed by atoms with E-state index >= 15 is 0 Å². The van der Waals surface area contributed by atoms with Crippen molar-refractivity contribution in [3.63, 3.8) is 0 Å². The summed E-state index contributed by atoms with van der Waals surface area (Å²) in [5, 5.41) is 2.71. The zero-order valence-corrected chi connectivity index (χ0v) is 11.6. The quantitative estimate of drug-likeness (QED) is 0.873. The van der Waals surface area contributed by atoms with Gasteiger partial charge in [0.05, 0.1) is 5.75 Å². The van der Waals surface area contributed by atoms with Gasteiger partial charge in [-0.2, -0.15) is 0 Å². The second-order valence-corrected chi connectivity index (χ2v) is 5.52. The Labute approximate surface area is 113 Å². The fraction of sp³-hybridized carbons (Fsp3) is 0.250. The Balaban J connectivity index is 2.21. The molecule has 0 bridgehead atoms. The maximum Gasteiger partial charge on any atom is 0.230 e. The van der Waals surface area contributed by atoms with Gasteiger partial charge in [-0.05, 0) is 17.7 Å². The molecule has 0 saturated heterocycles. The summed E-state index contributed by atoms with van der Waals surface area (Å²) >= 11 is 4.66. The molecule has 1 aromatic rings. The number of benzene rings is 1. The van der Waals surface area contributed by atoms with E-state index in [1.54, 1.807) is 12.1 Å². The lowest BCUT2D eigenvalue weighted by atomic mass is 10.2. The molecule has 17 heavy (non-hydrogen) atoms. The minimum atomic E-state index is -0.243. The molecule has 0 radical (unpaired) electrons. The molecule has 0 aliphatic rings. The van der Waals surface area contributed by atoms with Crippen LogP contribution in [0.3, 0.4) is 0 Å². The highest BCUT2D eigenvalue weighted by Gasteiger charge is 2.01. The number of nitrogens with one attached hydrogen (secondary N) is 1. The van der Waals surface area contributed by atoms with Gasteiger partial charge in [0.25, 0.3) is 0 Å². The number of rotatable bonds is 6. The van der Waals surface area contributed by atoms with Gasteiger partial charge < -0.3 is 5.32 Å². The number of halogens is 2. The number of carbonyl (C=O) groups excluding carboxylic acids is 1. The van der Waals surface area contributed by atoms with Gasteiger partial charge in [-0.3, -0.25) is 4.79 Å². The van der Waals surface area contributed by atoms with E-state index in [-0.39, 0.29) is 11.7 Å². The first-order valence-corrected chi connectivity index (χ1v) is 6.95. The largest absolute Gasteiger partial charge is 0.351 e. The molecule has 1 N–H and O–H groups in total. The van der Waals surface area contributed by atoms with Gasteiger partial charge in [-0.25, -0.2) is 4.39 Å². The Hall–Kier alpha value is -0.810. The highest BCUT2D eigenvalue weighted by atomic mass is 79.9. The topological polar surface area (TPSA) is 29.1 Å². The van der Waals surface area contributed by atoms with Crippen molar-refractivity contribution in [3.05, 3.63) is 46.7 Å². The average Bonchev–Trinajstić information content (AvgIpc) is 2.29. The van der Waals surface area contributed by atoms with Gasteiger partial charge in [0.15, 0.2) is 0 Å². The fourth-order valence-corrected chi connectivity index (χ4v) is 2.05. The van der Waals surface area contributed by atoms with E-state index in [0.29, 0.717) is 18.1 Å². The first-order valence-electron chi connectivity index (χ1n) is 5.00. The zero-order chi connectivity index (χ0) is 12.7. The first-order chi connectivity index (χ1) is 8.08. The van der Waals surface area contributed by atoms with E-state index in [9.17, 15) is 9.18 Å². The third-order valence-electron chi connectivity index (χ3n) is 1.89. The van der Waals surface area contributed by atoms with E-state index in [1.807, 2.05) is 0 Å². The Morgan fingerprint density at radius 2 is 2.06 bits per heavy atom. The van der Waals surface area contributed by atoms with E-state index in [1.165, 1.54) is 23.9 Å². The van der Waals surface area contributed by atoms with Crippen molar-refractivity contribution in [2.24, 2.45) is 0 Å². The Morgan fingerprint density at radius 3 is 2.65 bits per heavy atom. The summed E-state index contributed by atoms with van der Waals surface area (Å²) < 4.78 is 13.4. The molecule has 0 heterocycles. The van der Waals surface area contributed by atoms with Gasteiger partial charge in [0, 0.05) is 16.8 Å². The molecule has 0 atom stereocenters. The van der Waals surface area contributed by atoms with Crippen molar-refractivity contribution in [2.75, 3.05) is 12.3 Å². The van der Waals surface area contributed by atoms with Crippen LogP contribution in [-0.4, -0.2) is 18.2 Å². The highest BCUT2D eigenvalue weighted by Crippen LogP contribution is 2.12. The third kappa shape index (κ3) is 6.48. The van der Waals surface area contributed by atoms with E-state index in [4.69, 9.17) is 0 Å². The summed E-state index contributed by atoms with van der Waals surface area (Å²) in [5.41, 5.74) is 1.01. The van der Waals surface area contributed by atoms with Crippen LogP contribution in [0.1, 0.15) is 5.56 Å². The summed E-state index contributed by atoms with van der Waals surface area (Å²) in [5.74, 6) is 0.811. The molecule has 0 aliphatic heterocycles. The summed E-state index contributed by atoms with van der Waals surface area (Å²) in [6, 6.07) is 6.29. The molecule has 92 valence electrons. The van der Waals surface area contributed by atoms with Crippen molar-refractivity contribution < 1.29 is 9.18 Å². The number of amides is 1. The highest BCUT2D eigenvalue weighted by molar-refractivity contribution is 9.11. The maximum absolute atomic E-state index is 12.6. The number of carbonyl (C=O) groups is 1. The number of thioether (sulfide) groups is 1. The van der Waals surface area contributed by atoms with Crippen molar-refractivity contribution in [1.29, 1.82) is 0 Å². The van der Waals surface area contributed by atoms with E-state index < -0.39 is 0 Å². The van der Waals surface area contributed by atoms with Gasteiger partial charge in [-0.15, -0.1) is 11.8 Å². The molecular weight excluding hydrogens is 305 g/mol. The zero-order valence-electron chi connectivity index (χ0n) is 9.21. The summed E-state index contributed by atoms with van der Waals surface area (Å²) in [7, 11) is 0. The fourth-order valence-electron chi connectivity index (χ4n) is 1.09. The molecular formula is C12H13BrFNOS. The summed E-state index contributed by atoms with van der Waals surface area (Å²) in [6.07, 6.45) is 0. The minimum absolute atomic E-state index is 0.0299. The van der Waals surface area contributed by atoms with Crippen LogP contribution in [0.4, 0.5) is 4.39 Å². The second-order valence-electron chi connectivity index (χ2n) is 3.41. The van der Waals surface area contributed by atoms with Gasteiger partial charge in [0.1, 0.15) is 5.82 Å². The third-order valence-corrected chi connectivity index (χ3v) is 3.18. The molecule has 1 rings (SSSR count). The van der Waals surface area contributed by atoms with Crippen LogP contribution in [0.15, 0.2) is 35.3 Å². The molecule has 0 aromatic heterocycles. The van der Waals surface area contributed by atoms with Crippen molar-refractivity contribution >= 4 is 33.6 Å². The van der Waals surface area contributed by atoms with Crippen LogP contribution in [0.2, 0.25) is 0 Å². The standard InChI is InChI=1S/C12H13BrFNOS/c1-9(13)6-15-12(16)8-17-7-10-2-4-11(14)5-3-10/h2-5H,1,6-8H2,(H,15,16). The van der Waals surface area contributed by atoms with Crippen molar-refractivity contribution in [2.45, 2.75) is 5.75 Å². The molecule has 2 nitrogen and oxygen atoms in total. The lowest BCUT2D eigenvalue weighted by Gasteiger charge is -2.04. The van der Waals surface area contributed by atoms with Crippen LogP contribution in [0.25, 0.3) is 0 Å². The van der Waals surface area contributed by atoms with Gasteiger partial charge in [-0.1, -0.05) is 34.6 Å². The molecule has 1 aromatic carbocycles. The average molecular weight is 318 g/mol. The predicted molar refractivity (Wildman–Crippen MR) is 73.6 cm³/mol. The molecule has 0 spiro atoms. The van der Waals surface area contributed by atoms with Crippen LogP contribution in [0.5, 0.6) is 0 Å². The molecule has 0 saturated carbocycles.